The van der Waals surface area contributed by atoms with E-state index in [2.05, 4.69) is 16.7 Å². The number of nitriles is 1. The number of hydrogen-bond donors (Lipinski definition) is 3. The summed E-state index contributed by atoms with van der Waals surface area (Å²) in [5.74, 6) is -0.630. The molecule has 1 heterocycles. The molecule has 7 heteroatoms. The summed E-state index contributed by atoms with van der Waals surface area (Å²) in [5, 5.41) is 15.3. The maximum Gasteiger partial charge on any atom is 0.236 e. The van der Waals surface area contributed by atoms with Crippen LogP contribution in [-0.2, 0) is 9.59 Å². The average Bonchev–Trinajstić information content (AvgIpc) is 2.48. The third-order valence-electron chi connectivity index (χ3n) is 4.33. The van der Waals surface area contributed by atoms with Crippen LogP contribution in [0.1, 0.15) is 32.1 Å². The van der Waals surface area contributed by atoms with Crippen molar-refractivity contribution in [3.05, 3.63) is 0 Å². The maximum absolute atomic E-state index is 12.2. The summed E-state index contributed by atoms with van der Waals surface area (Å²) in [6, 6.07) is 1.80. The maximum atomic E-state index is 12.2. The second-order valence-corrected chi connectivity index (χ2v) is 5.90. The first-order valence-corrected chi connectivity index (χ1v) is 7.53. The van der Waals surface area contributed by atoms with Crippen molar-refractivity contribution in [3.63, 3.8) is 0 Å². The molecule has 1 unspecified atom stereocenters. The first-order valence-electron chi connectivity index (χ1n) is 7.53. The van der Waals surface area contributed by atoms with Gasteiger partial charge in [0.1, 0.15) is 11.6 Å². The molecule has 0 aromatic rings. The van der Waals surface area contributed by atoms with Gasteiger partial charge in [0.15, 0.2) is 0 Å². The van der Waals surface area contributed by atoms with Gasteiger partial charge < -0.3 is 16.4 Å². The molecule has 0 bridgehead atoms. The zero-order valence-electron chi connectivity index (χ0n) is 12.2. The number of primary amides is 1. The highest BCUT2D eigenvalue weighted by Crippen LogP contribution is 2.27. The van der Waals surface area contributed by atoms with Gasteiger partial charge in [0.05, 0.1) is 12.6 Å². The Bertz CT molecular complexity index is 439. The molecule has 0 aromatic heterocycles. The van der Waals surface area contributed by atoms with Crippen molar-refractivity contribution in [2.75, 3.05) is 26.2 Å². The van der Waals surface area contributed by atoms with Gasteiger partial charge in [0.25, 0.3) is 0 Å². The molecule has 1 atom stereocenters. The molecule has 1 aliphatic carbocycles. The van der Waals surface area contributed by atoms with Gasteiger partial charge in [-0.2, -0.15) is 5.26 Å². The predicted molar refractivity (Wildman–Crippen MR) is 77.0 cm³/mol. The molecule has 1 saturated heterocycles. The lowest BCUT2D eigenvalue weighted by Crippen LogP contribution is -2.60. The van der Waals surface area contributed by atoms with Gasteiger partial charge in [0, 0.05) is 19.6 Å². The van der Waals surface area contributed by atoms with Crippen LogP contribution in [0.25, 0.3) is 0 Å². The Morgan fingerprint density at radius 1 is 1.38 bits per heavy atom. The summed E-state index contributed by atoms with van der Waals surface area (Å²) in [6.45, 7) is 1.89. The molecule has 2 aliphatic rings. The molecular formula is C14H23N5O2. The highest BCUT2D eigenvalue weighted by atomic mass is 16.2. The summed E-state index contributed by atoms with van der Waals surface area (Å²) < 4.78 is 0. The molecule has 2 amide bonds. The van der Waals surface area contributed by atoms with Crippen LogP contribution >= 0.6 is 0 Å². The molecular weight excluding hydrogens is 270 g/mol. The molecule has 2 rings (SSSR count). The molecule has 4 N–H and O–H groups in total. The Balaban J connectivity index is 1.94. The lowest BCUT2D eigenvalue weighted by Gasteiger charge is -2.36. The lowest BCUT2D eigenvalue weighted by molar-refractivity contribution is -0.128. The molecule has 1 saturated carbocycles. The number of carbonyl (C=O) groups excluding carboxylic acids is 2. The summed E-state index contributed by atoms with van der Waals surface area (Å²) in [7, 11) is 0. The molecule has 0 aromatic carbocycles. The number of nitrogens with two attached hydrogens (primary N) is 1. The van der Waals surface area contributed by atoms with E-state index in [-0.39, 0.29) is 12.5 Å². The summed E-state index contributed by atoms with van der Waals surface area (Å²) in [4.78, 5) is 25.4. The van der Waals surface area contributed by atoms with E-state index in [0.717, 1.165) is 25.8 Å². The van der Waals surface area contributed by atoms with E-state index in [0.29, 0.717) is 25.9 Å². The summed E-state index contributed by atoms with van der Waals surface area (Å²) >= 11 is 0. The number of nitrogens with one attached hydrogen (secondary N) is 2. The number of rotatable bonds is 4. The van der Waals surface area contributed by atoms with Crippen molar-refractivity contribution in [1.82, 2.24) is 15.5 Å². The Kier molecular flexibility index (Phi) is 5.15. The van der Waals surface area contributed by atoms with Crippen LogP contribution in [0.3, 0.4) is 0 Å². The number of amides is 2. The van der Waals surface area contributed by atoms with E-state index in [1.807, 2.05) is 0 Å². The smallest absolute Gasteiger partial charge is 0.236 e. The van der Waals surface area contributed by atoms with Gasteiger partial charge in [-0.25, -0.2) is 0 Å². The highest BCUT2D eigenvalue weighted by molar-refractivity contribution is 5.83. The molecule has 21 heavy (non-hydrogen) atoms. The molecule has 2 fully saturated rings. The minimum absolute atomic E-state index is 0.110. The number of nitrogens with zero attached hydrogens (tertiary/aromatic N) is 2. The van der Waals surface area contributed by atoms with Gasteiger partial charge in [-0.3, -0.25) is 14.5 Å². The Morgan fingerprint density at radius 3 is 2.71 bits per heavy atom. The molecule has 7 nitrogen and oxygen atoms in total. The van der Waals surface area contributed by atoms with E-state index in [1.54, 1.807) is 4.90 Å². The van der Waals surface area contributed by atoms with E-state index in [4.69, 9.17) is 5.73 Å². The monoisotopic (exact) mass is 293 g/mol. The van der Waals surface area contributed by atoms with E-state index in [9.17, 15) is 14.9 Å². The minimum atomic E-state index is -0.731. The number of hydrogen-bond acceptors (Lipinski definition) is 5. The molecule has 1 aliphatic heterocycles. The second-order valence-electron chi connectivity index (χ2n) is 5.90. The van der Waals surface area contributed by atoms with Crippen LogP contribution in [0.4, 0.5) is 0 Å². The third kappa shape index (κ3) is 3.93. The zero-order chi connectivity index (χ0) is 15.3. The van der Waals surface area contributed by atoms with Crippen molar-refractivity contribution >= 4 is 11.8 Å². The van der Waals surface area contributed by atoms with E-state index in [1.165, 1.54) is 0 Å². The fourth-order valence-electron chi connectivity index (χ4n) is 3.13. The van der Waals surface area contributed by atoms with Gasteiger partial charge in [-0.15, -0.1) is 0 Å². The summed E-state index contributed by atoms with van der Waals surface area (Å²) in [6.07, 6.45) is 4.45. The first-order chi connectivity index (χ1) is 10.1. The van der Waals surface area contributed by atoms with Crippen molar-refractivity contribution in [2.45, 2.75) is 43.7 Å². The van der Waals surface area contributed by atoms with Crippen LogP contribution in [0.5, 0.6) is 0 Å². The average molecular weight is 293 g/mol. The number of carbonyl (C=O) groups is 2. The predicted octanol–water partition coefficient (Wildman–Crippen LogP) is -0.912. The van der Waals surface area contributed by atoms with E-state index < -0.39 is 17.5 Å². The van der Waals surface area contributed by atoms with Crippen molar-refractivity contribution in [2.24, 2.45) is 5.73 Å². The second kappa shape index (κ2) is 6.87. The molecule has 0 spiro atoms. The lowest BCUT2D eigenvalue weighted by atomic mass is 9.83. The standard InChI is InChI=1S/C14H23N5O2/c15-10-14(4-2-1-3-5-14)18-12(20)9-19-7-6-17-8-11(19)13(16)21/h11,17H,1-9H2,(H2,16,21)(H,18,20). The van der Waals surface area contributed by atoms with Gasteiger partial charge in [-0.05, 0) is 12.8 Å². The van der Waals surface area contributed by atoms with Crippen molar-refractivity contribution < 1.29 is 9.59 Å². The summed E-state index contributed by atoms with van der Waals surface area (Å²) in [5.41, 5.74) is 4.63. The molecule has 116 valence electrons. The van der Waals surface area contributed by atoms with Gasteiger partial charge in [0.2, 0.25) is 11.8 Å². The number of piperazine rings is 1. The van der Waals surface area contributed by atoms with E-state index >= 15 is 0 Å². The third-order valence-corrected chi connectivity index (χ3v) is 4.33. The zero-order valence-corrected chi connectivity index (χ0v) is 12.2. The van der Waals surface area contributed by atoms with Gasteiger partial charge >= 0.3 is 0 Å². The van der Waals surface area contributed by atoms with Crippen LogP contribution in [0.2, 0.25) is 0 Å². The van der Waals surface area contributed by atoms with Crippen LogP contribution in [-0.4, -0.2) is 54.5 Å². The quantitative estimate of drug-likeness (QED) is 0.621. The van der Waals surface area contributed by atoms with Crippen molar-refractivity contribution in [1.29, 1.82) is 5.26 Å². The van der Waals surface area contributed by atoms with Gasteiger partial charge in [-0.1, -0.05) is 19.3 Å². The fourth-order valence-corrected chi connectivity index (χ4v) is 3.13. The SMILES string of the molecule is N#CC1(NC(=O)CN2CCNCC2C(N)=O)CCCCC1. The molecule has 0 radical (unpaired) electrons. The van der Waals surface area contributed by atoms with Crippen molar-refractivity contribution in [3.8, 4) is 6.07 Å². The first kappa shape index (κ1) is 15.7. The van der Waals surface area contributed by atoms with Crippen LogP contribution in [0, 0.1) is 11.3 Å². The Morgan fingerprint density at radius 2 is 2.10 bits per heavy atom. The Hall–Kier alpha value is -1.65. The normalized spacial score (nSPS) is 25.8. The largest absolute Gasteiger partial charge is 0.368 e. The minimum Gasteiger partial charge on any atom is -0.368 e. The fraction of sp³-hybridized carbons (Fsp3) is 0.786. The highest BCUT2D eigenvalue weighted by Gasteiger charge is 2.35. The van der Waals surface area contributed by atoms with Crippen LogP contribution in [0.15, 0.2) is 0 Å². The Labute approximate surface area is 124 Å². The van der Waals surface area contributed by atoms with Crippen LogP contribution < -0.4 is 16.4 Å². The topological polar surface area (TPSA) is 111 Å².